The van der Waals surface area contributed by atoms with Crippen molar-refractivity contribution in [2.24, 2.45) is 39.8 Å². The van der Waals surface area contributed by atoms with E-state index in [2.05, 4.69) is 52.8 Å². The molecule has 1 heterocycles. The molecule has 79 heavy (non-hydrogen) atoms. The van der Waals surface area contributed by atoms with Gasteiger partial charge >= 0.3 is 5.97 Å². The minimum absolute atomic E-state index is 0.0302. The first kappa shape index (κ1) is 69.8. The van der Waals surface area contributed by atoms with Crippen LogP contribution < -0.4 is 70.8 Å². The molecule has 0 saturated carbocycles. The molecule has 0 aromatic rings. The molecule has 0 spiro atoms. The van der Waals surface area contributed by atoms with Gasteiger partial charge in [0, 0.05) is 26.6 Å². The number of hydrogen-bond acceptors (Lipinski definition) is 17. The number of unbranched alkanes of at least 4 members (excludes halogenated alkanes) is 1. The molecule has 1 aliphatic rings. The number of aliphatic carboxylic acids is 1. The number of carbonyl (C=O) groups is 12. The highest BCUT2D eigenvalue weighted by Crippen LogP contribution is 2.21. The zero-order chi connectivity index (χ0) is 60.3. The van der Waals surface area contributed by atoms with E-state index < -0.39 is 163 Å². The maximum atomic E-state index is 14.6. The second-order valence-electron chi connectivity index (χ2n) is 19.6. The molecule has 1 aliphatic heterocycles. The number of nitrogens with zero attached hydrogens (tertiary/aromatic N) is 2. The number of aliphatic hydroxyl groups excluding tert-OH is 3. The summed E-state index contributed by atoms with van der Waals surface area (Å²) in [6.45, 7) is 8.48. The Balaban J connectivity index is 3.50. The van der Waals surface area contributed by atoms with Crippen LogP contribution in [0.15, 0.2) is 4.99 Å². The summed E-state index contributed by atoms with van der Waals surface area (Å²) in [6.07, 6.45) is -1.05. The van der Waals surface area contributed by atoms with Crippen LogP contribution in [-0.4, -0.2) is 202 Å². The maximum absolute atomic E-state index is 14.6. The van der Waals surface area contributed by atoms with Gasteiger partial charge in [-0.1, -0.05) is 40.5 Å². The lowest BCUT2D eigenvalue weighted by atomic mass is 9.95. The molecule has 1 fully saturated rings. The van der Waals surface area contributed by atoms with Gasteiger partial charge in [0.25, 0.3) is 0 Å². The van der Waals surface area contributed by atoms with Gasteiger partial charge < -0.3 is 96.1 Å². The molecule has 31 nitrogen and oxygen atoms in total. The summed E-state index contributed by atoms with van der Waals surface area (Å²) in [4.78, 5) is 163. The highest BCUT2D eigenvalue weighted by molar-refractivity contribution is 5.99. The Labute approximate surface area is 458 Å². The van der Waals surface area contributed by atoms with Gasteiger partial charge in [-0.2, -0.15) is 0 Å². The number of aliphatic hydroxyl groups is 3. The molecule has 1 rings (SSSR count). The second-order valence-corrected chi connectivity index (χ2v) is 19.6. The number of carboxylic acids is 1. The van der Waals surface area contributed by atoms with Gasteiger partial charge in [0.15, 0.2) is 5.96 Å². The lowest BCUT2D eigenvalue weighted by Crippen LogP contribution is -2.62. The summed E-state index contributed by atoms with van der Waals surface area (Å²) in [5, 5.41) is 62.6. The fourth-order valence-corrected chi connectivity index (χ4v) is 7.99. The Morgan fingerprint density at radius 1 is 0.608 bits per heavy atom. The maximum Gasteiger partial charge on any atom is 0.326 e. The Morgan fingerprint density at radius 3 is 1.61 bits per heavy atom. The van der Waals surface area contributed by atoms with Crippen LogP contribution in [0.2, 0.25) is 0 Å². The summed E-state index contributed by atoms with van der Waals surface area (Å²) in [6, 6.07) is -14.9. The first-order valence-electron chi connectivity index (χ1n) is 26.2. The van der Waals surface area contributed by atoms with Crippen LogP contribution in [0.4, 0.5) is 0 Å². The molecule has 0 aromatic heterocycles. The molecule has 0 unspecified atom stereocenters. The van der Waals surface area contributed by atoms with Crippen molar-refractivity contribution in [3.8, 4) is 0 Å². The zero-order valence-electron chi connectivity index (χ0n) is 46.0. The number of amides is 11. The predicted molar refractivity (Wildman–Crippen MR) is 282 cm³/mol. The van der Waals surface area contributed by atoms with Crippen LogP contribution >= 0.6 is 0 Å². The van der Waals surface area contributed by atoms with Crippen LogP contribution in [0.3, 0.4) is 0 Å². The molecular formula is C48H85N15O16. The van der Waals surface area contributed by atoms with Gasteiger partial charge in [-0.15, -0.1) is 0 Å². The van der Waals surface area contributed by atoms with Gasteiger partial charge in [0.05, 0.1) is 31.8 Å². The van der Waals surface area contributed by atoms with Crippen molar-refractivity contribution < 1.29 is 78.0 Å². The topological polar surface area (TPSA) is 514 Å². The van der Waals surface area contributed by atoms with Crippen molar-refractivity contribution in [3.05, 3.63) is 0 Å². The number of carbonyl (C=O) groups excluding carboxylic acids is 11. The van der Waals surface area contributed by atoms with Crippen LogP contribution in [-0.2, 0) is 57.5 Å². The van der Waals surface area contributed by atoms with Crippen molar-refractivity contribution in [2.75, 3.05) is 32.8 Å². The van der Waals surface area contributed by atoms with E-state index in [9.17, 15) is 78.0 Å². The number of rotatable bonds is 36. The monoisotopic (exact) mass is 1130 g/mol. The zero-order valence-corrected chi connectivity index (χ0v) is 46.0. The summed E-state index contributed by atoms with van der Waals surface area (Å²) in [7, 11) is 0. The molecule has 0 aromatic carbocycles. The molecule has 13 atom stereocenters. The first-order chi connectivity index (χ1) is 37.0. The molecule has 1 saturated heterocycles. The Kier molecular flexibility index (Phi) is 31.2. The van der Waals surface area contributed by atoms with Gasteiger partial charge in [-0.25, -0.2) is 4.79 Å². The summed E-state index contributed by atoms with van der Waals surface area (Å²) < 4.78 is 0. The number of hydrogen-bond donors (Lipinski definition) is 17. The molecule has 0 radical (unpaired) electrons. The molecule has 0 bridgehead atoms. The van der Waals surface area contributed by atoms with E-state index in [1.165, 1.54) is 13.8 Å². The fourth-order valence-electron chi connectivity index (χ4n) is 7.99. The average Bonchev–Trinajstić information content (AvgIpc) is 3.88. The quantitative estimate of drug-likeness (QED) is 0.0157. The highest BCUT2D eigenvalue weighted by atomic mass is 16.4. The number of nitrogens with two attached hydrogens (primary N) is 4. The van der Waals surface area contributed by atoms with E-state index in [1.807, 2.05) is 0 Å². The van der Waals surface area contributed by atoms with Gasteiger partial charge in [-0.3, -0.25) is 57.7 Å². The van der Waals surface area contributed by atoms with E-state index >= 15 is 0 Å². The Bertz CT molecular complexity index is 2140. The third-order valence-corrected chi connectivity index (χ3v) is 13.0. The summed E-state index contributed by atoms with van der Waals surface area (Å²) in [5.41, 5.74) is 21.7. The fraction of sp³-hybridized carbons (Fsp3) is 0.729. The van der Waals surface area contributed by atoms with Crippen molar-refractivity contribution in [3.63, 3.8) is 0 Å². The van der Waals surface area contributed by atoms with Crippen LogP contribution in [0.5, 0.6) is 0 Å². The van der Waals surface area contributed by atoms with Crippen molar-refractivity contribution >= 4 is 76.9 Å². The third kappa shape index (κ3) is 24.1. The lowest BCUT2D eigenvalue weighted by molar-refractivity contribution is -0.144. The number of likely N-dealkylation sites (tertiary alicyclic amines) is 1. The van der Waals surface area contributed by atoms with E-state index in [0.29, 0.717) is 19.3 Å². The first-order valence-corrected chi connectivity index (χ1v) is 26.2. The number of guanidine groups is 1. The number of nitrogens with one attached hydrogen (secondary N) is 9. The normalized spacial score (nSPS) is 17.6. The smallest absolute Gasteiger partial charge is 0.326 e. The van der Waals surface area contributed by atoms with E-state index in [-0.39, 0.29) is 70.0 Å². The molecule has 11 amide bonds. The van der Waals surface area contributed by atoms with Crippen molar-refractivity contribution in [1.82, 2.24) is 52.8 Å². The number of primary amides is 1. The van der Waals surface area contributed by atoms with Crippen LogP contribution in [0.1, 0.15) is 113 Å². The van der Waals surface area contributed by atoms with E-state index in [4.69, 9.17) is 22.9 Å². The number of carboxylic acid groups (broad SMARTS) is 1. The largest absolute Gasteiger partial charge is 0.480 e. The Hall–Kier alpha value is -7.25. The minimum Gasteiger partial charge on any atom is -0.480 e. The van der Waals surface area contributed by atoms with Crippen LogP contribution in [0.25, 0.3) is 0 Å². The molecule has 21 N–H and O–H groups in total. The van der Waals surface area contributed by atoms with Crippen molar-refractivity contribution in [2.45, 2.75) is 179 Å². The molecule has 448 valence electrons. The predicted octanol–water partition coefficient (Wildman–Crippen LogP) is -7.02. The SMILES string of the molecule is CC[C@H](C)[C@H](NC(=O)[C@@H](NC(=O)[C@H](CO)NC(=O)[C@@H](NC(=O)[C@@H]1CCCN1C(=O)[C@H](CCCCNC(C)=O)NC(=O)[C@H](CCCN=C(N)N)NC(=O)[C@H](CO)NC(=O)[C@H](CC(N)=O)NC(=O)[C@H](C)N)[C@@H](C)O)[C@@H](C)CC)C(=O)O. The number of aliphatic imine (C=N–C) groups is 1. The Morgan fingerprint density at radius 2 is 1.09 bits per heavy atom. The van der Waals surface area contributed by atoms with Gasteiger partial charge in [0.1, 0.15) is 54.4 Å². The molecule has 31 heteroatoms. The summed E-state index contributed by atoms with van der Waals surface area (Å²) in [5.74, 6) is -12.8. The third-order valence-electron chi connectivity index (χ3n) is 13.0. The van der Waals surface area contributed by atoms with Gasteiger partial charge in [-0.05, 0) is 70.6 Å². The van der Waals surface area contributed by atoms with E-state index in [1.54, 1.807) is 27.7 Å². The minimum atomic E-state index is -1.80. The van der Waals surface area contributed by atoms with E-state index in [0.717, 1.165) is 11.8 Å². The molecular weight excluding hydrogens is 1040 g/mol. The second kappa shape index (κ2) is 35.3. The standard InChI is InChI=1S/C48H85N15O16/c1-8-23(3)35(44(75)61-36(47(78)79)24(4)9-2)60-42(73)32(22-65)59-45(76)37(26(6)66)62-43(74)33-16-13-19-63(33)46(77)29(14-10-11-17-53-27(7)67)56-39(70)28(15-12-18-54-48(51)52)55-41(72)31(21-64)58-40(71)30(20-34(50)68)57-38(69)25(5)49/h23-26,28-33,35-37,64-66H,8-22,49H2,1-7H3,(H2,50,68)(H,53,67)(H,55,72)(H,56,70)(H,57,69)(H,58,71)(H,59,76)(H,60,73)(H,61,75)(H,62,74)(H,78,79)(H4,51,52,54)/t23-,24-,25-,26+,28-,29-,30-,31-,32-,33-,35-,36-,37-/m0/s1. The summed E-state index contributed by atoms with van der Waals surface area (Å²) >= 11 is 0. The highest BCUT2D eigenvalue weighted by Gasteiger charge is 2.41. The van der Waals surface area contributed by atoms with Gasteiger partial charge in [0.2, 0.25) is 65.0 Å². The lowest BCUT2D eigenvalue weighted by Gasteiger charge is -2.31. The molecule has 0 aliphatic carbocycles. The van der Waals surface area contributed by atoms with Crippen LogP contribution in [0, 0.1) is 11.8 Å². The van der Waals surface area contributed by atoms with Crippen molar-refractivity contribution in [1.29, 1.82) is 0 Å². The average molecular weight is 1130 g/mol.